The maximum absolute atomic E-state index is 12.9. The molecule has 0 N–H and O–H groups in total. The van der Waals surface area contributed by atoms with E-state index in [0.717, 1.165) is 71.2 Å². The molecule has 0 aliphatic heterocycles. The van der Waals surface area contributed by atoms with Gasteiger partial charge < -0.3 is 28.4 Å². The Morgan fingerprint density at radius 2 is 0.852 bits per heavy atom. The smallest absolute Gasteiger partial charge is 0.306 e. The van der Waals surface area contributed by atoms with Crippen molar-refractivity contribution in [3.8, 4) is 23.0 Å². The largest absolute Gasteiger partial charge is 0.490 e. The maximum Gasteiger partial charge on any atom is 0.306 e. The number of aryl methyl sites for hydroxylation is 2. The van der Waals surface area contributed by atoms with Gasteiger partial charge in [-0.15, -0.1) is 0 Å². The topological polar surface area (TPSA) is 89.5 Å². The molecule has 5 aromatic rings. The molecule has 0 fully saturated rings. The van der Waals surface area contributed by atoms with Crippen molar-refractivity contribution in [2.75, 3.05) is 26.4 Å². The molecule has 0 aliphatic carbocycles. The van der Waals surface area contributed by atoms with Gasteiger partial charge in [-0.05, 0) is 62.1 Å². The van der Waals surface area contributed by atoms with Gasteiger partial charge in [0, 0.05) is 34.4 Å². The van der Waals surface area contributed by atoms with E-state index in [1.54, 1.807) is 0 Å². The van der Waals surface area contributed by atoms with Gasteiger partial charge in [0.2, 0.25) is 0 Å². The maximum atomic E-state index is 12.9. The van der Waals surface area contributed by atoms with Crippen molar-refractivity contribution < 1.29 is 38.0 Å². The Morgan fingerprint density at radius 1 is 0.481 bits per heavy atom. The molecule has 2 atom stereocenters. The molecule has 0 heterocycles. The van der Waals surface area contributed by atoms with E-state index in [9.17, 15) is 9.59 Å². The van der Waals surface area contributed by atoms with Crippen LogP contribution < -0.4 is 18.9 Å². The van der Waals surface area contributed by atoms with Gasteiger partial charge >= 0.3 is 11.9 Å². The van der Waals surface area contributed by atoms with Crippen molar-refractivity contribution in [3.05, 3.63) is 108 Å². The SMILES string of the molecule is CCCCCC(=O)OC(COc1cccc(C)c1)COc1c2ccccc2c(OCC(COc2cccc(C)c2)OC(=O)CCCCC)c2ccccc12. The van der Waals surface area contributed by atoms with E-state index in [4.69, 9.17) is 28.4 Å². The first kappa shape index (κ1) is 40.0. The second-order valence-electron chi connectivity index (χ2n) is 13.8. The van der Waals surface area contributed by atoms with Crippen LogP contribution in [0.4, 0.5) is 0 Å². The minimum atomic E-state index is -0.644. The Kier molecular flexibility index (Phi) is 15.4. The normalized spacial score (nSPS) is 12.2. The van der Waals surface area contributed by atoms with Gasteiger partial charge in [-0.3, -0.25) is 9.59 Å². The first-order valence-electron chi connectivity index (χ1n) is 19.3. The highest BCUT2D eigenvalue weighted by atomic mass is 16.6. The number of hydrogen-bond donors (Lipinski definition) is 0. The molecule has 0 bridgehead atoms. The summed E-state index contributed by atoms with van der Waals surface area (Å²) >= 11 is 0. The molecule has 0 aromatic heterocycles. The highest BCUT2D eigenvalue weighted by molar-refractivity contribution is 6.11. The predicted octanol–water partition coefficient (Wildman–Crippen LogP) is 10.5. The van der Waals surface area contributed by atoms with Crippen LogP contribution in [0.2, 0.25) is 0 Å². The molecule has 54 heavy (non-hydrogen) atoms. The van der Waals surface area contributed by atoms with E-state index in [0.29, 0.717) is 35.8 Å². The van der Waals surface area contributed by atoms with Gasteiger partial charge in [0.25, 0.3) is 0 Å². The highest BCUT2D eigenvalue weighted by Gasteiger charge is 2.23. The van der Waals surface area contributed by atoms with Gasteiger partial charge in [-0.1, -0.05) is 112 Å². The summed E-state index contributed by atoms with van der Waals surface area (Å²) in [6.07, 6.45) is 4.91. The Labute approximate surface area is 319 Å². The lowest BCUT2D eigenvalue weighted by atomic mass is 10.0. The van der Waals surface area contributed by atoms with Gasteiger partial charge in [-0.2, -0.15) is 0 Å². The third-order valence-corrected chi connectivity index (χ3v) is 9.08. The molecule has 286 valence electrons. The molecule has 0 spiro atoms. The van der Waals surface area contributed by atoms with Crippen molar-refractivity contribution >= 4 is 33.5 Å². The first-order valence-corrected chi connectivity index (χ1v) is 19.3. The van der Waals surface area contributed by atoms with Crippen LogP contribution in [-0.4, -0.2) is 50.6 Å². The van der Waals surface area contributed by atoms with Crippen molar-refractivity contribution in [1.29, 1.82) is 0 Å². The van der Waals surface area contributed by atoms with E-state index in [-0.39, 0.29) is 38.4 Å². The number of rotatable bonds is 22. The number of hydrogen-bond acceptors (Lipinski definition) is 8. The molecule has 8 nitrogen and oxygen atoms in total. The van der Waals surface area contributed by atoms with Crippen LogP contribution in [0.1, 0.15) is 76.3 Å². The number of carbonyl (C=O) groups excluding carboxylic acids is 2. The summed E-state index contributed by atoms with van der Waals surface area (Å²) in [5.74, 6) is 2.17. The van der Waals surface area contributed by atoms with E-state index < -0.39 is 12.2 Å². The summed E-state index contributed by atoms with van der Waals surface area (Å²) in [5, 5.41) is 3.34. The van der Waals surface area contributed by atoms with Crippen molar-refractivity contribution in [3.63, 3.8) is 0 Å². The molecule has 5 aromatic carbocycles. The predicted molar refractivity (Wildman–Crippen MR) is 214 cm³/mol. The minimum Gasteiger partial charge on any atom is -0.490 e. The van der Waals surface area contributed by atoms with E-state index >= 15 is 0 Å². The monoisotopic (exact) mass is 734 g/mol. The minimum absolute atomic E-state index is 0.0892. The van der Waals surface area contributed by atoms with E-state index in [1.165, 1.54) is 0 Å². The Morgan fingerprint density at radius 3 is 1.20 bits per heavy atom. The average Bonchev–Trinajstić information content (AvgIpc) is 3.17. The zero-order valence-electron chi connectivity index (χ0n) is 32.1. The van der Waals surface area contributed by atoms with Crippen LogP contribution in [0.25, 0.3) is 21.5 Å². The first-order chi connectivity index (χ1) is 26.3. The lowest BCUT2D eigenvalue weighted by molar-refractivity contribution is -0.153. The molecule has 0 amide bonds. The second kappa shape index (κ2) is 20.9. The molecule has 0 radical (unpaired) electrons. The summed E-state index contributed by atoms with van der Waals surface area (Å²) in [7, 11) is 0. The Balaban J connectivity index is 1.39. The fourth-order valence-corrected chi connectivity index (χ4v) is 6.26. The lowest BCUT2D eigenvalue weighted by Crippen LogP contribution is -2.31. The quantitative estimate of drug-likeness (QED) is 0.0394. The molecule has 2 unspecified atom stereocenters. The average molecular weight is 735 g/mol. The fourth-order valence-electron chi connectivity index (χ4n) is 6.26. The number of ether oxygens (including phenoxy) is 6. The summed E-state index contributed by atoms with van der Waals surface area (Å²) in [4.78, 5) is 25.8. The van der Waals surface area contributed by atoms with Gasteiger partial charge in [0.1, 0.15) is 49.4 Å². The molecule has 8 heteroatoms. The molecular weight excluding hydrogens is 680 g/mol. The van der Waals surface area contributed by atoms with Crippen LogP contribution >= 0.6 is 0 Å². The Hall–Kier alpha value is -5.24. The summed E-state index contributed by atoms with van der Waals surface area (Å²) in [6, 6.07) is 31.3. The molecular formula is C46H54O8. The van der Waals surface area contributed by atoms with Crippen LogP contribution in [0.5, 0.6) is 23.0 Å². The number of carbonyl (C=O) groups is 2. The van der Waals surface area contributed by atoms with Crippen LogP contribution in [0.3, 0.4) is 0 Å². The van der Waals surface area contributed by atoms with Crippen LogP contribution in [-0.2, 0) is 19.1 Å². The van der Waals surface area contributed by atoms with Crippen LogP contribution in [0.15, 0.2) is 97.1 Å². The van der Waals surface area contributed by atoms with Gasteiger partial charge in [0.15, 0.2) is 12.2 Å². The summed E-state index contributed by atoms with van der Waals surface area (Å²) in [6.45, 7) is 8.68. The summed E-state index contributed by atoms with van der Waals surface area (Å²) < 4.78 is 37.3. The zero-order valence-corrected chi connectivity index (χ0v) is 32.1. The van der Waals surface area contributed by atoms with Crippen molar-refractivity contribution in [2.45, 2.75) is 91.3 Å². The molecule has 5 rings (SSSR count). The standard InChI is InChI=1S/C46H54O8/c1-5-7-9-25-43(47)53-37(29-49-35-19-15-17-33(3)27-35)31-51-45-39-21-11-13-23-41(39)46(42-24-14-12-22-40(42)45)52-32-38(54-44(48)26-10-8-6-2)30-50-36-20-16-18-34(4)28-36/h11-24,27-28,37-38H,5-10,25-26,29-32H2,1-4H3. The van der Waals surface area contributed by atoms with Crippen molar-refractivity contribution in [2.24, 2.45) is 0 Å². The lowest BCUT2D eigenvalue weighted by Gasteiger charge is -2.23. The molecule has 0 saturated heterocycles. The summed E-state index contributed by atoms with van der Waals surface area (Å²) in [5.41, 5.74) is 2.15. The third kappa shape index (κ3) is 11.9. The second-order valence-corrected chi connectivity index (χ2v) is 13.8. The fraction of sp³-hybridized carbons (Fsp3) is 0.391. The van der Waals surface area contributed by atoms with Gasteiger partial charge in [0.05, 0.1) is 0 Å². The molecule has 0 aliphatic rings. The number of benzene rings is 5. The number of unbranched alkanes of at least 4 members (excludes halogenated alkanes) is 4. The molecule has 0 saturated carbocycles. The Bertz CT molecular complexity index is 1760. The third-order valence-electron chi connectivity index (χ3n) is 9.08. The number of esters is 2. The zero-order chi connectivity index (χ0) is 38.1. The van der Waals surface area contributed by atoms with Gasteiger partial charge in [-0.25, -0.2) is 0 Å². The van der Waals surface area contributed by atoms with E-state index in [1.807, 2.05) is 111 Å². The van der Waals surface area contributed by atoms with E-state index in [2.05, 4.69) is 13.8 Å². The number of fused-ring (bicyclic) bond motifs is 2. The van der Waals surface area contributed by atoms with Crippen LogP contribution in [0, 0.1) is 13.8 Å². The van der Waals surface area contributed by atoms with Crippen molar-refractivity contribution in [1.82, 2.24) is 0 Å². The highest BCUT2D eigenvalue weighted by Crippen LogP contribution is 2.43.